The topological polar surface area (TPSA) is 56.2 Å². The monoisotopic (exact) mass is 328 g/mol. The number of alkyl halides is 3. The van der Waals surface area contributed by atoms with Crippen LogP contribution in [0.3, 0.4) is 0 Å². The maximum absolute atomic E-state index is 12.8. The van der Waals surface area contributed by atoms with Gasteiger partial charge < -0.3 is 5.73 Å². The van der Waals surface area contributed by atoms with Gasteiger partial charge in [0, 0.05) is 0 Å². The van der Waals surface area contributed by atoms with E-state index in [1.165, 1.54) is 11.3 Å². The van der Waals surface area contributed by atoms with Crippen LogP contribution in [0.5, 0.6) is 0 Å². The second kappa shape index (κ2) is 4.78. The second-order valence-electron chi connectivity index (χ2n) is 4.14. The van der Waals surface area contributed by atoms with E-state index in [4.69, 9.17) is 18.0 Å². The molecule has 0 amide bonds. The third kappa shape index (κ3) is 2.38. The van der Waals surface area contributed by atoms with Crippen molar-refractivity contribution in [2.24, 2.45) is 5.73 Å². The molecule has 3 heterocycles. The summed E-state index contributed by atoms with van der Waals surface area (Å²) in [5.41, 5.74) is 6.30. The molecule has 108 valence electrons. The maximum Gasteiger partial charge on any atom is 0.453 e. The highest BCUT2D eigenvalue weighted by Crippen LogP contribution is 2.30. The average molecular weight is 328 g/mol. The van der Waals surface area contributed by atoms with Gasteiger partial charge in [-0.1, -0.05) is 18.3 Å². The van der Waals surface area contributed by atoms with Gasteiger partial charge in [-0.05, 0) is 23.6 Å². The summed E-state index contributed by atoms with van der Waals surface area (Å²) in [7, 11) is 0. The van der Waals surface area contributed by atoms with E-state index < -0.39 is 12.0 Å². The summed E-state index contributed by atoms with van der Waals surface area (Å²) in [6.07, 6.45) is -4.63. The molecule has 3 aromatic rings. The zero-order valence-electron chi connectivity index (χ0n) is 10.3. The van der Waals surface area contributed by atoms with Crippen molar-refractivity contribution >= 4 is 34.2 Å². The molecule has 3 aromatic heterocycles. The number of hydrogen-bond donors (Lipinski definition) is 1. The first-order chi connectivity index (χ1) is 9.88. The zero-order valence-corrected chi connectivity index (χ0v) is 11.9. The van der Waals surface area contributed by atoms with E-state index in [1.54, 1.807) is 24.3 Å². The van der Waals surface area contributed by atoms with Crippen molar-refractivity contribution in [1.29, 1.82) is 0 Å². The molecule has 0 aliphatic heterocycles. The van der Waals surface area contributed by atoms with Gasteiger partial charge in [0.1, 0.15) is 4.99 Å². The smallest absolute Gasteiger partial charge is 0.389 e. The lowest BCUT2D eigenvalue weighted by Gasteiger charge is -2.05. The number of aromatic nitrogens is 3. The number of halogens is 3. The molecule has 0 aliphatic rings. The lowest BCUT2D eigenvalue weighted by atomic mass is 10.2. The molecule has 0 radical (unpaired) electrons. The summed E-state index contributed by atoms with van der Waals surface area (Å²) in [6, 6.07) is 6.77. The molecule has 0 bridgehead atoms. The van der Waals surface area contributed by atoms with Crippen LogP contribution in [0.1, 0.15) is 11.4 Å². The van der Waals surface area contributed by atoms with Crippen LogP contribution in [0.2, 0.25) is 0 Å². The summed E-state index contributed by atoms with van der Waals surface area (Å²) < 4.78 is 39.6. The Kier molecular flexibility index (Phi) is 3.18. The van der Waals surface area contributed by atoms with Gasteiger partial charge >= 0.3 is 6.18 Å². The van der Waals surface area contributed by atoms with E-state index >= 15 is 0 Å². The minimum atomic E-state index is -4.63. The first kappa shape index (κ1) is 14.0. The van der Waals surface area contributed by atoms with Crippen molar-refractivity contribution in [2.75, 3.05) is 0 Å². The van der Waals surface area contributed by atoms with Gasteiger partial charge in [-0.3, -0.25) is 0 Å². The predicted molar refractivity (Wildman–Crippen MR) is 77.2 cm³/mol. The summed E-state index contributed by atoms with van der Waals surface area (Å²) in [6.45, 7) is 0. The lowest BCUT2D eigenvalue weighted by Crippen LogP contribution is -2.12. The Hall–Kier alpha value is -2.00. The molecule has 0 saturated heterocycles. The van der Waals surface area contributed by atoms with Gasteiger partial charge in [0.15, 0.2) is 5.65 Å². The van der Waals surface area contributed by atoms with Gasteiger partial charge in [0.25, 0.3) is 5.82 Å². The molecule has 0 unspecified atom stereocenters. The van der Waals surface area contributed by atoms with E-state index in [9.17, 15) is 13.2 Å². The third-order valence-electron chi connectivity index (χ3n) is 2.78. The van der Waals surface area contributed by atoms with Crippen molar-refractivity contribution in [2.45, 2.75) is 6.18 Å². The Bertz CT molecular complexity index is 821. The van der Waals surface area contributed by atoms with E-state index in [0.29, 0.717) is 5.69 Å². The van der Waals surface area contributed by atoms with Crippen molar-refractivity contribution in [3.63, 3.8) is 0 Å². The Labute approximate surface area is 126 Å². The van der Waals surface area contributed by atoms with Gasteiger partial charge in [-0.25, -0.2) is 9.50 Å². The number of nitrogens with zero attached hydrogens (tertiary/aromatic N) is 3. The molecular weight excluding hydrogens is 321 g/mol. The van der Waals surface area contributed by atoms with E-state index in [2.05, 4.69) is 10.1 Å². The fourth-order valence-corrected chi connectivity index (χ4v) is 2.78. The van der Waals surface area contributed by atoms with Crippen LogP contribution in [-0.2, 0) is 6.18 Å². The Balaban J connectivity index is 2.35. The highest BCUT2D eigenvalue weighted by atomic mass is 32.1. The molecule has 4 nitrogen and oxygen atoms in total. The quantitative estimate of drug-likeness (QED) is 0.735. The first-order valence-corrected chi connectivity index (χ1v) is 6.97. The number of fused-ring (bicyclic) bond motifs is 1. The Morgan fingerprint density at radius 2 is 2.05 bits per heavy atom. The van der Waals surface area contributed by atoms with Gasteiger partial charge in [-0.15, -0.1) is 16.4 Å². The highest BCUT2D eigenvalue weighted by Gasteiger charge is 2.37. The molecular formula is C12H7F3N4S2. The van der Waals surface area contributed by atoms with Crippen LogP contribution in [0.25, 0.3) is 16.2 Å². The van der Waals surface area contributed by atoms with E-state index in [-0.39, 0.29) is 16.2 Å². The minimum absolute atomic E-state index is 0.000671. The second-order valence-corrected chi connectivity index (χ2v) is 5.53. The number of nitrogens with two attached hydrogens (primary N) is 1. The molecule has 0 atom stereocenters. The average Bonchev–Trinajstić information content (AvgIpc) is 3.05. The highest BCUT2D eigenvalue weighted by molar-refractivity contribution is 7.80. The van der Waals surface area contributed by atoms with Crippen molar-refractivity contribution in [3.8, 4) is 10.6 Å². The molecule has 0 spiro atoms. The number of thiocarbonyl (C=S) groups is 1. The summed E-state index contributed by atoms with van der Waals surface area (Å²) in [4.78, 5) is 4.28. The minimum Gasteiger partial charge on any atom is -0.389 e. The van der Waals surface area contributed by atoms with Gasteiger partial charge in [0.05, 0.1) is 16.1 Å². The van der Waals surface area contributed by atoms with Crippen LogP contribution in [0.15, 0.2) is 29.6 Å². The normalized spacial score (nSPS) is 12.0. The van der Waals surface area contributed by atoms with Crippen LogP contribution in [0, 0.1) is 0 Å². The molecule has 2 N–H and O–H groups in total. The van der Waals surface area contributed by atoms with Gasteiger partial charge in [-0.2, -0.15) is 13.2 Å². The standard InChI is InChI=1S/C12H7F3N4S2/c13-12(14,15)11-17-10-6(9(16)20)3-4-7(19(10)18-11)8-2-1-5-21-8/h1-5H,(H2,16,20). The maximum atomic E-state index is 12.8. The largest absolute Gasteiger partial charge is 0.453 e. The van der Waals surface area contributed by atoms with Crippen LogP contribution >= 0.6 is 23.6 Å². The molecule has 9 heteroatoms. The fourth-order valence-electron chi connectivity index (χ4n) is 1.89. The van der Waals surface area contributed by atoms with Crippen molar-refractivity contribution < 1.29 is 13.2 Å². The van der Waals surface area contributed by atoms with E-state index in [0.717, 1.165) is 9.39 Å². The van der Waals surface area contributed by atoms with Crippen molar-refractivity contribution in [3.05, 3.63) is 41.0 Å². The first-order valence-electron chi connectivity index (χ1n) is 5.68. The lowest BCUT2D eigenvalue weighted by molar-refractivity contribution is -0.144. The Morgan fingerprint density at radius 1 is 1.29 bits per heavy atom. The number of pyridine rings is 1. The summed E-state index contributed by atoms with van der Waals surface area (Å²) in [5.74, 6) is -1.22. The van der Waals surface area contributed by atoms with Crippen molar-refractivity contribution in [1.82, 2.24) is 14.6 Å². The van der Waals surface area contributed by atoms with Gasteiger partial charge in [0.2, 0.25) is 0 Å². The number of rotatable bonds is 2. The SMILES string of the molecule is NC(=S)c1ccc(-c2cccs2)n2nc(C(F)(F)F)nc12. The van der Waals surface area contributed by atoms with Crippen LogP contribution in [0.4, 0.5) is 13.2 Å². The molecule has 0 aromatic carbocycles. The molecule has 21 heavy (non-hydrogen) atoms. The van der Waals surface area contributed by atoms with Crippen LogP contribution < -0.4 is 5.73 Å². The molecule has 0 fully saturated rings. The number of hydrogen-bond acceptors (Lipinski definition) is 4. The Morgan fingerprint density at radius 3 is 2.62 bits per heavy atom. The predicted octanol–water partition coefficient (Wildman–Crippen LogP) is 3.11. The third-order valence-corrected chi connectivity index (χ3v) is 3.89. The summed E-state index contributed by atoms with van der Waals surface area (Å²) in [5, 5.41) is 5.38. The molecule has 0 saturated carbocycles. The van der Waals surface area contributed by atoms with E-state index in [1.807, 2.05) is 5.38 Å². The summed E-state index contributed by atoms with van der Waals surface area (Å²) >= 11 is 6.24. The molecule has 3 rings (SSSR count). The molecule has 0 aliphatic carbocycles. The van der Waals surface area contributed by atoms with Crippen LogP contribution in [-0.4, -0.2) is 19.6 Å². The number of thiophene rings is 1. The zero-order chi connectivity index (χ0) is 15.2. The fraction of sp³-hybridized carbons (Fsp3) is 0.0833.